The summed E-state index contributed by atoms with van der Waals surface area (Å²) in [5.41, 5.74) is 0.735. The van der Waals surface area contributed by atoms with Crippen LogP contribution >= 0.6 is 0 Å². The number of nitrogens with one attached hydrogen (secondary N) is 1. The van der Waals surface area contributed by atoms with E-state index in [2.05, 4.69) is 5.32 Å². The lowest BCUT2D eigenvalue weighted by Crippen LogP contribution is -2.39. The second-order valence-electron chi connectivity index (χ2n) is 5.97. The molecule has 0 heterocycles. The van der Waals surface area contributed by atoms with E-state index in [1.54, 1.807) is 57.5 Å². The molecule has 2 aromatic rings. The van der Waals surface area contributed by atoms with E-state index in [1.165, 1.54) is 19.2 Å². The number of hydrogen-bond donors (Lipinski definition) is 1. The third-order valence-electron chi connectivity index (χ3n) is 4.10. The molecule has 2 rings (SSSR count). The first-order valence-electron chi connectivity index (χ1n) is 8.32. The summed E-state index contributed by atoms with van der Waals surface area (Å²) >= 11 is 0. The number of benzene rings is 2. The van der Waals surface area contributed by atoms with Gasteiger partial charge in [0.15, 0.2) is 0 Å². The zero-order valence-corrected chi connectivity index (χ0v) is 16.6. The van der Waals surface area contributed by atoms with Gasteiger partial charge in [-0.3, -0.25) is 4.79 Å². The Morgan fingerprint density at radius 2 is 1.78 bits per heavy atom. The maximum absolute atomic E-state index is 12.5. The third kappa shape index (κ3) is 4.99. The molecule has 1 atom stereocenters. The Morgan fingerprint density at radius 1 is 1.11 bits per heavy atom. The van der Waals surface area contributed by atoms with E-state index in [-0.39, 0.29) is 11.4 Å². The minimum Gasteiger partial charge on any atom is -0.497 e. The number of sulfonamides is 1. The van der Waals surface area contributed by atoms with Crippen molar-refractivity contribution >= 4 is 15.9 Å². The quantitative estimate of drug-likeness (QED) is 0.744. The number of methoxy groups -OCH3 is 2. The summed E-state index contributed by atoms with van der Waals surface area (Å²) in [5, 5.41) is 2.80. The summed E-state index contributed by atoms with van der Waals surface area (Å²) in [6.45, 7) is 1.49. The molecule has 1 N–H and O–H groups in total. The molecule has 146 valence electrons. The SMILES string of the molecule is COc1ccc(OC)c([C@H](C)NC(=O)CN(C)S(=O)(=O)c2ccccc2)c1. The minimum absolute atomic E-state index is 0.141. The van der Waals surface area contributed by atoms with E-state index in [9.17, 15) is 13.2 Å². The normalized spacial score (nSPS) is 12.5. The largest absolute Gasteiger partial charge is 0.497 e. The molecule has 8 heteroatoms. The second kappa shape index (κ2) is 8.88. The number of nitrogens with zero attached hydrogens (tertiary/aromatic N) is 1. The summed E-state index contributed by atoms with van der Waals surface area (Å²) in [4.78, 5) is 12.5. The van der Waals surface area contributed by atoms with E-state index in [1.807, 2.05) is 0 Å². The monoisotopic (exact) mass is 392 g/mol. The number of hydrogen-bond acceptors (Lipinski definition) is 5. The van der Waals surface area contributed by atoms with Gasteiger partial charge < -0.3 is 14.8 Å². The first-order valence-corrected chi connectivity index (χ1v) is 9.76. The maximum atomic E-state index is 12.5. The lowest BCUT2D eigenvalue weighted by atomic mass is 10.1. The summed E-state index contributed by atoms with van der Waals surface area (Å²) in [6.07, 6.45) is 0. The molecule has 7 nitrogen and oxygen atoms in total. The molecular weight excluding hydrogens is 368 g/mol. The molecule has 27 heavy (non-hydrogen) atoms. The van der Waals surface area contributed by atoms with E-state index in [0.29, 0.717) is 11.5 Å². The Bertz CT molecular complexity index is 884. The van der Waals surface area contributed by atoms with Gasteiger partial charge in [0, 0.05) is 12.6 Å². The van der Waals surface area contributed by atoms with Crippen LogP contribution in [0.3, 0.4) is 0 Å². The predicted octanol–water partition coefficient (Wildman–Crippen LogP) is 2.20. The van der Waals surface area contributed by atoms with Gasteiger partial charge in [-0.05, 0) is 37.3 Å². The van der Waals surface area contributed by atoms with Gasteiger partial charge in [0.05, 0.1) is 31.7 Å². The van der Waals surface area contributed by atoms with Crippen molar-refractivity contribution in [1.82, 2.24) is 9.62 Å². The summed E-state index contributed by atoms with van der Waals surface area (Å²) in [7, 11) is 0.739. The first-order chi connectivity index (χ1) is 12.8. The van der Waals surface area contributed by atoms with Crippen LogP contribution in [0.15, 0.2) is 53.4 Å². The van der Waals surface area contributed by atoms with Gasteiger partial charge in [-0.1, -0.05) is 18.2 Å². The molecule has 1 amide bonds. The lowest BCUT2D eigenvalue weighted by Gasteiger charge is -2.21. The molecule has 0 bridgehead atoms. The third-order valence-corrected chi connectivity index (χ3v) is 5.92. The number of ether oxygens (including phenoxy) is 2. The highest BCUT2D eigenvalue weighted by Crippen LogP contribution is 2.29. The van der Waals surface area contributed by atoms with Crippen molar-refractivity contribution in [2.24, 2.45) is 0 Å². The van der Waals surface area contributed by atoms with Gasteiger partial charge in [-0.25, -0.2) is 8.42 Å². The summed E-state index contributed by atoms with van der Waals surface area (Å²) in [6, 6.07) is 12.9. The average molecular weight is 392 g/mol. The van der Waals surface area contributed by atoms with Crippen LogP contribution in [0.2, 0.25) is 0 Å². The van der Waals surface area contributed by atoms with Crippen LogP contribution in [0.5, 0.6) is 11.5 Å². The van der Waals surface area contributed by atoms with Crippen LogP contribution < -0.4 is 14.8 Å². The zero-order chi connectivity index (χ0) is 20.0. The van der Waals surface area contributed by atoms with Crippen LogP contribution in [0, 0.1) is 0 Å². The molecule has 0 radical (unpaired) electrons. The zero-order valence-electron chi connectivity index (χ0n) is 15.8. The van der Waals surface area contributed by atoms with Gasteiger partial charge in [0.2, 0.25) is 15.9 Å². The Labute approximate surface area is 160 Å². The van der Waals surface area contributed by atoms with Crippen molar-refractivity contribution < 1.29 is 22.7 Å². The van der Waals surface area contributed by atoms with E-state index in [0.717, 1.165) is 9.87 Å². The highest BCUT2D eigenvalue weighted by Gasteiger charge is 2.24. The highest BCUT2D eigenvalue weighted by atomic mass is 32.2. The Kier molecular flexibility index (Phi) is 6.81. The minimum atomic E-state index is -3.73. The van der Waals surface area contributed by atoms with E-state index < -0.39 is 22.0 Å². The fourth-order valence-corrected chi connectivity index (χ4v) is 3.75. The maximum Gasteiger partial charge on any atom is 0.243 e. The molecule has 0 spiro atoms. The number of amides is 1. The molecule has 0 aliphatic carbocycles. The Balaban J connectivity index is 2.09. The molecule has 2 aromatic carbocycles. The lowest BCUT2D eigenvalue weighted by molar-refractivity contribution is -0.121. The molecule has 0 aliphatic heterocycles. The van der Waals surface area contributed by atoms with Crippen molar-refractivity contribution in [3.8, 4) is 11.5 Å². The standard InChI is InChI=1S/C19H24N2O5S/c1-14(17-12-15(25-3)10-11-18(17)26-4)20-19(22)13-21(2)27(23,24)16-8-6-5-7-9-16/h5-12,14H,13H2,1-4H3,(H,20,22)/t14-/m0/s1. The Morgan fingerprint density at radius 3 is 2.37 bits per heavy atom. The fourth-order valence-electron chi connectivity index (χ4n) is 2.60. The molecule has 0 aliphatic rings. The van der Waals surface area contributed by atoms with Gasteiger partial charge in [-0.15, -0.1) is 0 Å². The molecule has 0 fully saturated rings. The van der Waals surface area contributed by atoms with Crippen molar-refractivity contribution in [2.75, 3.05) is 27.8 Å². The van der Waals surface area contributed by atoms with E-state index >= 15 is 0 Å². The molecular formula is C19H24N2O5S. The van der Waals surface area contributed by atoms with Gasteiger partial charge >= 0.3 is 0 Å². The molecule has 0 unspecified atom stereocenters. The molecule has 0 saturated heterocycles. The van der Waals surface area contributed by atoms with Gasteiger partial charge in [0.1, 0.15) is 11.5 Å². The second-order valence-corrected chi connectivity index (χ2v) is 8.02. The van der Waals surface area contributed by atoms with Gasteiger partial charge in [-0.2, -0.15) is 4.31 Å². The van der Waals surface area contributed by atoms with Crippen LogP contribution in [-0.4, -0.2) is 46.4 Å². The first kappa shape index (κ1) is 20.7. The van der Waals surface area contributed by atoms with Crippen LogP contribution in [-0.2, 0) is 14.8 Å². The smallest absolute Gasteiger partial charge is 0.243 e. The summed E-state index contributed by atoms with van der Waals surface area (Å²) in [5.74, 6) is 0.818. The molecule has 0 aromatic heterocycles. The predicted molar refractivity (Wildman–Crippen MR) is 102 cm³/mol. The average Bonchev–Trinajstić information content (AvgIpc) is 2.67. The molecule has 0 saturated carbocycles. The number of carbonyl (C=O) groups excluding carboxylic acids is 1. The van der Waals surface area contributed by atoms with Gasteiger partial charge in [0.25, 0.3) is 0 Å². The number of carbonyl (C=O) groups is 1. The highest BCUT2D eigenvalue weighted by molar-refractivity contribution is 7.89. The van der Waals surface area contributed by atoms with Crippen LogP contribution in [0.4, 0.5) is 0 Å². The topological polar surface area (TPSA) is 84.9 Å². The van der Waals surface area contributed by atoms with Crippen molar-refractivity contribution in [3.05, 3.63) is 54.1 Å². The Hall–Kier alpha value is -2.58. The van der Waals surface area contributed by atoms with Crippen LogP contribution in [0.1, 0.15) is 18.5 Å². The fraction of sp³-hybridized carbons (Fsp3) is 0.316. The number of rotatable bonds is 8. The van der Waals surface area contributed by atoms with Crippen LogP contribution in [0.25, 0.3) is 0 Å². The summed E-state index contributed by atoms with van der Waals surface area (Å²) < 4.78 is 36.6. The van der Waals surface area contributed by atoms with Crippen molar-refractivity contribution in [1.29, 1.82) is 0 Å². The number of likely N-dealkylation sites (N-methyl/N-ethyl adjacent to an activating group) is 1. The van der Waals surface area contributed by atoms with Crippen molar-refractivity contribution in [2.45, 2.75) is 17.9 Å². The van der Waals surface area contributed by atoms with E-state index in [4.69, 9.17) is 9.47 Å². The van der Waals surface area contributed by atoms with Crippen molar-refractivity contribution in [3.63, 3.8) is 0 Å².